The normalized spacial score (nSPS) is 11.0. The SMILES string of the molecule is CCC=CCCCCc1cccc(C(=O)O)c1C. The Kier molecular flexibility index (Phi) is 6.20. The van der Waals surface area contributed by atoms with E-state index in [1.807, 2.05) is 19.1 Å². The predicted molar refractivity (Wildman–Crippen MR) is 75.1 cm³/mol. The molecule has 2 nitrogen and oxygen atoms in total. The van der Waals surface area contributed by atoms with Crippen molar-refractivity contribution >= 4 is 5.97 Å². The molecule has 0 aliphatic rings. The third kappa shape index (κ3) is 4.36. The number of carboxylic acid groups (broad SMARTS) is 1. The van der Waals surface area contributed by atoms with Crippen LogP contribution in [0.5, 0.6) is 0 Å². The van der Waals surface area contributed by atoms with E-state index in [4.69, 9.17) is 5.11 Å². The molecule has 0 fully saturated rings. The Morgan fingerprint density at radius 1 is 1.28 bits per heavy atom. The van der Waals surface area contributed by atoms with Crippen molar-refractivity contribution in [3.8, 4) is 0 Å². The second-order valence-corrected chi connectivity index (χ2v) is 4.52. The number of unbranched alkanes of at least 4 members (excludes halogenated alkanes) is 2. The molecule has 1 N–H and O–H groups in total. The van der Waals surface area contributed by atoms with E-state index in [1.165, 1.54) is 0 Å². The lowest BCUT2D eigenvalue weighted by Crippen LogP contribution is -2.02. The van der Waals surface area contributed by atoms with Crippen LogP contribution >= 0.6 is 0 Å². The van der Waals surface area contributed by atoms with Gasteiger partial charge in [-0.1, -0.05) is 31.2 Å². The maximum Gasteiger partial charge on any atom is 0.335 e. The first-order valence-corrected chi connectivity index (χ1v) is 6.63. The number of aryl methyl sites for hydroxylation is 1. The van der Waals surface area contributed by atoms with Crippen LogP contribution in [0.25, 0.3) is 0 Å². The summed E-state index contributed by atoms with van der Waals surface area (Å²) in [6.45, 7) is 4.03. The molecule has 0 aliphatic heterocycles. The molecular weight excluding hydrogens is 224 g/mol. The van der Waals surface area contributed by atoms with Crippen molar-refractivity contribution in [1.82, 2.24) is 0 Å². The summed E-state index contributed by atoms with van der Waals surface area (Å²) in [4.78, 5) is 11.0. The van der Waals surface area contributed by atoms with Crippen LogP contribution in [0.4, 0.5) is 0 Å². The van der Waals surface area contributed by atoms with E-state index in [-0.39, 0.29) is 0 Å². The van der Waals surface area contributed by atoms with Gasteiger partial charge < -0.3 is 5.11 Å². The molecular formula is C16H22O2. The molecule has 0 amide bonds. The van der Waals surface area contributed by atoms with Gasteiger partial charge in [-0.15, -0.1) is 0 Å². The summed E-state index contributed by atoms with van der Waals surface area (Å²) in [7, 11) is 0. The lowest BCUT2D eigenvalue weighted by atomic mass is 9.98. The highest BCUT2D eigenvalue weighted by atomic mass is 16.4. The minimum Gasteiger partial charge on any atom is -0.478 e. The van der Waals surface area contributed by atoms with E-state index in [1.54, 1.807) is 6.07 Å². The smallest absolute Gasteiger partial charge is 0.335 e. The van der Waals surface area contributed by atoms with Gasteiger partial charge in [0, 0.05) is 0 Å². The van der Waals surface area contributed by atoms with Crippen LogP contribution in [-0.2, 0) is 6.42 Å². The molecule has 0 spiro atoms. The van der Waals surface area contributed by atoms with Gasteiger partial charge in [0.15, 0.2) is 0 Å². The van der Waals surface area contributed by atoms with Gasteiger partial charge in [0.25, 0.3) is 0 Å². The lowest BCUT2D eigenvalue weighted by molar-refractivity contribution is 0.0696. The standard InChI is InChI=1S/C16H22O2/c1-3-4-5-6-7-8-10-14-11-9-12-15(13(14)2)16(17)18/h4-5,9,11-12H,3,6-8,10H2,1-2H3,(H,17,18). The van der Waals surface area contributed by atoms with Gasteiger partial charge in [0.2, 0.25) is 0 Å². The van der Waals surface area contributed by atoms with Gasteiger partial charge in [0.1, 0.15) is 0 Å². The van der Waals surface area contributed by atoms with Crippen LogP contribution in [0.15, 0.2) is 30.4 Å². The maximum atomic E-state index is 11.0. The van der Waals surface area contributed by atoms with Crippen LogP contribution in [0.3, 0.4) is 0 Å². The molecule has 2 heteroatoms. The summed E-state index contributed by atoms with van der Waals surface area (Å²) in [5.41, 5.74) is 2.50. The molecule has 0 aliphatic carbocycles. The quantitative estimate of drug-likeness (QED) is 0.573. The first-order chi connectivity index (χ1) is 8.66. The molecule has 0 heterocycles. The Morgan fingerprint density at radius 2 is 2.06 bits per heavy atom. The van der Waals surface area contributed by atoms with Gasteiger partial charge in [-0.2, -0.15) is 0 Å². The van der Waals surface area contributed by atoms with Crippen molar-refractivity contribution < 1.29 is 9.90 Å². The molecule has 0 aromatic heterocycles. The fourth-order valence-corrected chi connectivity index (χ4v) is 2.05. The molecule has 0 bridgehead atoms. The minimum absolute atomic E-state index is 0.429. The van der Waals surface area contributed by atoms with Crippen LogP contribution < -0.4 is 0 Å². The second kappa shape index (κ2) is 7.70. The monoisotopic (exact) mass is 246 g/mol. The first kappa shape index (κ1) is 14.5. The topological polar surface area (TPSA) is 37.3 Å². The van der Waals surface area contributed by atoms with E-state index in [2.05, 4.69) is 19.1 Å². The van der Waals surface area contributed by atoms with Crippen molar-refractivity contribution in [2.75, 3.05) is 0 Å². The van der Waals surface area contributed by atoms with Gasteiger partial charge in [0.05, 0.1) is 5.56 Å². The number of allylic oxidation sites excluding steroid dienone is 2. The molecule has 0 saturated heterocycles. The third-order valence-corrected chi connectivity index (χ3v) is 3.15. The van der Waals surface area contributed by atoms with E-state index in [0.717, 1.165) is 43.2 Å². The summed E-state index contributed by atoms with van der Waals surface area (Å²) >= 11 is 0. The molecule has 0 saturated carbocycles. The predicted octanol–water partition coefficient (Wildman–Crippen LogP) is 4.37. The van der Waals surface area contributed by atoms with E-state index in [9.17, 15) is 4.79 Å². The van der Waals surface area contributed by atoms with Crippen molar-refractivity contribution in [2.45, 2.75) is 46.0 Å². The highest BCUT2D eigenvalue weighted by Crippen LogP contribution is 2.16. The zero-order chi connectivity index (χ0) is 13.4. The van der Waals surface area contributed by atoms with E-state index < -0.39 is 5.97 Å². The molecule has 0 radical (unpaired) electrons. The maximum absolute atomic E-state index is 11.0. The van der Waals surface area contributed by atoms with Crippen LogP contribution in [0.1, 0.15) is 54.1 Å². The van der Waals surface area contributed by atoms with Gasteiger partial charge >= 0.3 is 5.97 Å². The second-order valence-electron chi connectivity index (χ2n) is 4.52. The van der Waals surface area contributed by atoms with Crippen LogP contribution in [-0.4, -0.2) is 11.1 Å². The zero-order valence-electron chi connectivity index (χ0n) is 11.3. The fraction of sp³-hybridized carbons (Fsp3) is 0.438. The van der Waals surface area contributed by atoms with Crippen molar-refractivity contribution in [1.29, 1.82) is 0 Å². The van der Waals surface area contributed by atoms with Crippen molar-refractivity contribution in [3.63, 3.8) is 0 Å². The summed E-state index contributed by atoms with van der Waals surface area (Å²) in [5, 5.41) is 9.05. The molecule has 1 rings (SSSR count). The Bertz CT molecular complexity index is 419. The van der Waals surface area contributed by atoms with Gasteiger partial charge in [-0.05, 0) is 56.2 Å². The molecule has 18 heavy (non-hydrogen) atoms. The third-order valence-electron chi connectivity index (χ3n) is 3.15. The van der Waals surface area contributed by atoms with Gasteiger partial charge in [-0.3, -0.25) is 0 Å². The molecule has 1 aromatic rings. The molecule has 0 unspecified atom stereocenters. The average Bonchev–Trinajstić information content (AvgIpc) is 2.35. The summed E-state index contributed by atoms with van der Waals surface area (Å²) in [6.07, 6.45) is 9.86. The van der Waals surface area contributed by atoms with Crippen molar-refractivity contribution in [2.24, 2.45) is 0 Å². The van der Waals surface area contributed by atoms with E-state index in [0.29, 0.717) is 5.56 Å². The van der Waals surface area contributed by atoms with E-state index >= 15 is 0 Å². The van der Waals surface area contributed by atoms with Crippen LogP contribution in [0, 0.1) is 6.92 Å². The Labute approximate surface area is 109 Å². The molecule has 1 aromatic carbocycles. The largest absolute Gasteiger partial charge is 0.478 e. The highest BCUT2D eigenvalue weighted by molar-refractivity contribution is 5.89. The molecule has 98 valence electrons. The number of carboxylic acids is 1. The minimum atomic E-state index is -0.833. The summed E-state index contributed by atoms with van der Waals surface area (Å²) in [6, 6.07) is 5.54. The number of hydrogen-bond donors (Lipinski definition) is 1. The Balaban J connectivity index is 2.50. The summed E-state index contributed by atoms with van der Waals surface area (Å²) in [5.74, 6) is -0.833. The Hall–Kier alpha value is -1.57. The number of hydrogen-bond acceptors (Lipinski definition) is 1. The zero-order valence-corrected chi connectivity index (χ0v) is 11.3. The number of rotatable bonds is 7. The first-order valence-electron chi connectivity index (χ1n) is 6.63. The number of benzene rings is 1. The fourth-order valence-electron chi connectivity index (χ4n) is 2.05. The number of carbonyl (C=O) groups is 1. The average molecular weight is 246 g/mol. The lowest BCUT2D eigenvalue weighted by Gasteiger charge is -2.08. The summed E-state index contributed by atoms with van der Waals surface area (Å²) < 4.78 is 0. The Morgan fingerprint density at radius 3 is 2.72 bits per heavy atom. The number of aromatic carboxylic acids is 1. The van der Waals surface area contributed by atoms with Gasteiger partial charge in [-0.25, -0.2) is 4.79 Å². The van der Waals surface area contributed by atoms with Crippen LogP contribution in [0.2, 0.25) is 0 Å². The molecule has 0 atom stereocenters. The van der Waals surface area contributed by atoms with Crippen molar-refractivity contribution in [3.05, 3.63) is 47.0 Å². The highest BCUT2D eigenvalue weighted by Gasteiger charge is 2.09.